The number of hydrogen-bond acceptors (Lipinski definition) is 5. The van der Waals surface area contributed by atoms with E-state index in [9.17, 15) is 4.39 Å². The molecule has 3 aromatic rings. The zero-order chi connectivity index (χ0) is 19.2. The van der Waals surface area contributed by atoms with Gasteiger partial charge >= 0.3 is 0 Å². The summed E-state index contributed by atoms with van der Waals surface area (Å²) in [7, 11) is 0. The molecule has 0 atom stereocenters. The van der Waals surface area contributed by atoms with Crippen LogP contribution >= 0.6 is 0 Å². The minimum atomic E-state index is -0.267. The molecule has 1 N–H and O–H groups in total. The smallest absolute Gasteiger partial charge is 0.226 e. The third-order valence-corrected chi connectivity index (χ3v) is 4.86. The molecule has 0 radical (unpaired) electrons. The van der Waals surface area contributed by atoms with Crippen LogP contribution in [0.2, 0.25) is 0 Å². The van der Waals surface area contributed by atoms with Gasteiger partial charge in [-0.1, -0.05) is 18.2 Å². The van der Waals surface area contributed by atoms with E-state index in [4.69, 9.17) is 9.15 Å². The van der Waals surface area contributed by atoms with Gasteiger partial charge in [-0.25, -0.2) is 9.37 Å². The summed E-state index contributed by atoms with van der Waals surface area (Å²) >= 11 is 0. The van der Waals surface area contributed by atoms with Crippen molar-refractivity contribution in [3.8, 4) is 11.5 Å². The maximum Gasteiger partial charge on any atom is 0.226 e. The van der Waals surface area contributed by atoms with Crippen LogP contribution in [0.3, 0.4) is 0 Å². The number of nitrogens with one attached hydrogen (secondary N) is 1. The minimum Gasteiger partial charge on any atom is -0.444 e. The summed E-state index contributed by atoms with van der Waals surface area (Å²) in [6, 6.07) is 14.7. The lowest BCUT2D eigenvalue weighted by Crippen LogP contribution is -2.37. The Morgan fingerprint density at radius 2 is 1.82 bits per heavy atom. The van der Waals surface area contributed by atoms with Crippen LogP contribution in [0, 0.1) is 5.82 Å². The topological polar surface area (TPSA) is 50.5 Å². The lowest BCUT2D eigenvalue weighted by molar-refractivity contribution is 0.122. The van der Waals surface area contributed by atoms with Gasteiger partial charge in [-0.05, 0) is 35.9 Å². The van der Waals surface area contributed by atoms with Crippen LogP contribution in [0.15, 0.2) is 59.2 Å². The first-order chi connectivity index (χ1) is 13.8. The number of hydrogen-bond donors (Lipinski definition) is 1. The number of halogens is 1. The van der Waals surface area contributed by atoms with Gasteiger partial charge in [-0.2, -0.15) is 0 Å². The normalized spacial score (nSPS) is 14.4. The second-order valence-electron chi connectivity index (χ2n) is 6.81. The fraction of sp³-hybridized carbons (Fsp3) is 0.318. The van der Waals surface area contributed by atoms with Crippen LogP contribution in [0.1, 0.15) is 11.3 Å². The van der Waals surface area contributed by atoms with Gasteiger partial charge in [-0.3, -0.25) is 0 Å². The van der Waals surface area contributed by atoms with Gasteiger partial charge in [0.05, 0.1) is 18.9 Å². The van der Waals surface area contributed by atoms with E-state index in [2.05, 4.69) is 39.5 Å². The lowest BCUT2D eigenvalue weighted by Gasteiger charge is -2.30. The molecule has 1 aliphatic heterocycles. The molecule has 1 aromatic heterocycles. The molecule has 1 fully saturated rings. The standard InChI is InChI=1S/C22H24FN3O2/c23-19-7-5-17(6-8-19)22-25-20(16-28-22)9-10-24-15-18-3-1-2-4-21(18)26-11-13-27-14-12-26/h1-8,16,24H,9-15H2. The number of anilines is 1. The van der Waals surface area contributed by atoms with E-state index in [-0.39, 0.29) is 5.82 Å². The summed E-state index contributed by atoms with van der Waals surface area (Å²) in [6.45, 7) is 5.03. The van der Waals surface area contributed by atoms with Gasteiger partial charge in [0.2, 0.25) is 5.89 Å². The van der Waals surface area contributed by atoms with E-state index < -0.39 is 0 Å². The molecule has 28 heavy (non-hydrogen) atoms. The summed E-state index contributed by atoms with van der Waals surface area (Å²) in [5.41, 5.74) is 4.23. The number of aromatic nitrogens is 1. The largest absolute Gasteiger partial charge is 0.444 e. The number of morpholine rings is 1. The molecule has 2 heterocycles. The highest BCUT2D eigenvalue weighted by Gasteiger charge is 2.14. The predicted molar refractivity (Wildman–Crippen MR) is 107 cm³/mol. The van der Waals surface area contributed by atoms with Crippen LogP contribution in [0.5, 0.6) is 0 Å². The average molecular weight is 381 g/mol. The second-order valence-corrected chi connectivity index (χ2v) is 6.81. The fourth-order valence-electron chi connectivity index (χ4n) is 3.36. The van der Waals surface area contributed by atoms with Gasteiger partial charge in [0.25, 0.3) is 0 Å². The van der Waals surface area contributed by atoms with Crippen molar-refractivity contribution in [2.45, 2.75) is 13.0 Å². The number of rotatable bonds is 7. The molecule has 1 saturated heterocycles. The molecule has 1 aliphatic rings. The van der Waals surface area contributed by atoms with Gasteiger partial charge in [0.15, 0.2) is 0 Å². The third-order valence-electron chi connectivity index (χ3n) is 4.86. The summed E-state index contributed by atoms with van der Waals surface area (Å²) in [5.74, 6) is 0.254. The Kier molecular flexibility index (Phi) is 5.99. The second kappa shape index (κ2) is 8.99. The van der Waals surface area contributed by atoms with E-state index in [1.54, 1.807) is 18.4 Å². The average Bonchev–Trinajstić information content (AvgIpc) is 3.22. The maximum absolute atomic E-state index is 13.0. The SMILES string of the molecule is Fc1ccc(-c2nc(CCNCc3ccccc3N3CCOCC3)co2)cc1. The summed E-state index contributed by atoms with van der Waals surface area (Å²) < 4.78 is 24.0. The molecule has 0 bridgehead atoms. The van der Waals surface area contributed by atoms with Crippen molar-refractivity contribution >= 4 is 5.69 Å². The highest BCUT2D eigenvalue weighted by atomic mass is 19.1. The van der Waals surface area contributed by atoms with Crippen LogP contribution in [0.25, 0.3) is 11.5 Å². The molecule has 6 heteroatoms. The Labute approximate surface area is 164 Å². The van der Waals surface area contributed by atoms with Gasteiger partial charge < -0.3 is 19.4 Å². The van der Waals surface area contributed by atoms with E-state index >= 15 is 0 Å². The highest BCUT2D eigenvalue weighted by Crippen LogP contribution is 2.22. The van der Waals surface area contributed by atoms with E-state index in [1.807, 2.05) is 0 Å². The summed E-state index contributed by atoms with van der Waals surface area (Å²) in [5, 5.41) is 3.50. The number of para-hydroxylation sites is 1. The Morgan fingerprint density at radius 1 is 1.04 bits per heavy atom. The molecule has 0 unspecified atom stereocenters. The number of ether oxygens (including phenoxy) is 1. The van der Waals surface area contributed by atoms with Crippen molar-refractivity contribution in [2.24, 2.45) is 0 Å². The third kappa shape index (κ3) is 4.58. The molecule has 0 amide bonds. The van der Waals surface area contributed by atoms with Crippen molar-refractivity contribution in [3.05, 3.63) is 71.9 Å². The van der Waals surface area contributed by atoms with Crippen molar-refractivity contribution < 1.29 is 13.5 Å². The summed E-state index contributed by atoms with van der Waals surface area (Å²) in [6.07, 6.45) is 2.44. The van der Waals surface area contributed by atoms with Gasteiger partial charge in [-0.15, -0.1) is 0 Å². The molecule has 0 aliphatic carbocycles. The zero-order valence-electron chi connectivity index (χ0n) is 15.7. The number of oxazole rings is 1. The predicted octanol–water partition coefficient (Wildman–Crippen LogP) is 3.65. The van der Waals surface area contributed by atoms with Crippen LogP contribution in [-0.4, -0.2) is 37.8 Å². The first kappa shape index (κ1) is 18.7. The lowest BCUT2D eigenvalue weighted by atomic mass is 10.1. The molecular formula is C22H24FN3O2. The minimum absolute atomic E-state index is 0.267. The van der Waals surface area contributed by atoms with E-state index in [0.29, 0.717) is 5.89 Å². The van der Waals surface area contributed by atoms with Gasteiger partial charge in [0, 0.05) is 43.9 Å². The quantitative estimate of drug-likeness (QED) is 0.633. The molecule has 146 valence electrons. The number of nitrogens with zero attached hydrogens (tertiary/aromatic N) is 2. The first-order valence-corrected chi connectivity index (χ1v) is 9.61. The van der Waals surface area contributed by atoms with Crippen molar-refractivity contribution in [2.75, 3.05) is 37.7 Å². The van der Waals surface area contributed by atoms with Gasteiger partial charge in [0.1, 0.15) is 12.1 Å². The Morgan fingerprint density at radius 3 is 2.64 bits per heavy atom. The molecule has 4 rings (SSSR count). The summed E-state index contributed by atoms with van der Waals surface area (Å²) in [4.78, 5) is 6.88. The maximum atomic E-state index is 13.0. The van der Waals surface area contributed by atoms with E-state index in [0.717, 1.165) is 57.1 Å². The Hall–Kier alpha value is -2.70. The molecule has 2 aromatic carbocycles. The van der Waals surface area contributed by atoms with Crippen LogP contribution in [-0.2, 0) is 17.7 Å². The van der Waals surface area contributed by atoms with Crippen LogP contribution < -0.4 is 10.2 Å². The Bertz CT molecular complexity index is 889. The molecule has 5 nitrogen and oxygen atoms in total. The molecule has 0 spiro atoms. The molecular weight excluding hydrogens is 357 g/mol. The zero-order valence-corrected chi connectivity index (χ0v) is 15.7. The monoisotopic (exact) mass is 381 g/mol. The van der Waals surface area contributed by atoms with Crippen LogP contribution in [0.4, 0.5) is 10.1 Å². The van der Waals surface area contributed by atoms with Crippen molar-refractivity contribution in [1.29, 1.82) is 0 Å². The van der Waals surface area contributed by atoms with Crippen molar-refractivity contribution in [1.82, 2.24) is 10.3 Å². The number of benzene rings is 2. The highest BCUT2D eigenvalue weighted by molar-refractivity contribution is 5.54. The molecule has 0 saturated carbocycles. The van der Waals surface area contributed by atoms with E-state index in [1.165, 1.54) is 23.4 Å². The first-order valence-electron chi connectivity index (χ1n) is 9.61. The fourth-order valence-corrected chi connectivity index (χ4v) is 3.36. The van der Waals surface area contributed by atoms with Crippen molar-refractivity contribution in [3.63, 3.8) is 0 Å². The Balaban J connectivity index is 1.30.